The number of ether oxygens (including phenoxy) is 3. The van der Waals surface area contributed by atoms with E-state index in [1.807, 2.05) is 0 Å². The van der Waals surface area contributed by atoms with Crippen LogP contribution in [0.3, 0.4) is 0 Å². The summed E-state index contributed by atoms with van der Waals surface area (Å²) in [6.45, 7) is 0.512. The predicted molar refractivity (Wildman–Crippen MR) is 110 cm³/mol. The quantitative estimate of drug-likeness (QED) is 0.462. The number of amides is 2. The molecule has 2 amide bonds. The number of carbonyl (C=O) groups excluding carboxylic acids is 2. The molecule has 170 valence electrons. The Morgan fingerprint density at radius 3 is 2.28 bits per heavy atom. The first-order chi connectivity index (χ1) is 15.2. The lowest BCUT2D eigenvalue weighted by molar-refractivity contribution is -0.274. The van der Waals surface area contributed by atoms with Gasteiger partial charge in [-0.25, -0.2) is 0 Å². The molecule has 1 aliphatic rings. The van der Waals surface area contributed by atoms with E-state index < -0.39 is 23.9 Å². The standard InChI is InChI=1S/C22H21F3N2O5/c1-30-13-5-12-27-20(28)18(16-6-3-4-7-17(16)31-2)19(21(27)29)26-14-8-10-15(11-9-14)32-22(23,24)25/h3-4,6-11,26H,5,12-13H2,1-2H3. The minimum Gasteiger partial charge on any atom is -0.496 e. The highest BCUT2D eigenvalue weighted by molar-refractivity contribution is 6.37. The van der Waals surface area contributed by atoms with Crippen LogP contribution >= 0.6 is 0 Å². The number of imide groups is 1. The number of rotatable bonds is 9. The summed E-state index contributed by atoms with van der Waals surface area (Å²) in [5.41, 5.74) is 0.839. The molecular weight excluding hydrogens is 429 g/mol. The second-order valence-corrected chi connectivity index (χ2v) is 6.76. The van der Waals surface area contributed by atoms with Crippen molar-refractivity contribution in [1.29, 1.82) is 0 Å². The van der Waals surface area contributed by atoms with Gasteiger partial charge >= 0.3 is 6.36 Å². The molecule has 0 fully saturated rings. The number of hydrogen-bond acceptors (Lipinski definition) is 6. The second-order valence-electron chi connectivity index (χ2n) is 6.76. The van der Waals surface area contributed by atoms with Crippen molar-refractivity contribution in [2.24, 2.45) is 0 Å². The van der Waals surface area contributed by atoms with E-state index in [0.717, 1.165) is 17.0 Å². The van der Waals surface area contributed by atoms with Gasteiger partial charge in [0.05, 0.1) is 12.7 Å². The molecule has 3 rings (SSSR count). The summed E-state index contributed by atoms with van der Waals surface area (Å²) in [6, 6.07) is 11.6. The van der Waals surface area contributed by atoms with Crippen LogP contribution in [0.15, 0.2) is 54.2 Å². The van der Waals surface area contributed by atoms with Crippen LogP contribution in [-0.2, 0) is 14.3 Å². The topological polar surface area (TPSA) is 77.1 Å². The fourth-order valence-electron chi connectivity index (χ4n) is 3.25. The molecule has 0 radical (unpaired) electrons. The van der Waals surface area contributed by atoms with Crippen molar-refractivity contribution in [3.8, 4) is 11.5 Å². The maximum Gasteiger partial charge on any atom is 0.573 e. The lowest BCUT2D eigenvalue weighted by atomic mass is 10.0. The lowest BCUT2D eigenvalue weighted by Crippen LogP contribution is -2.33. The van der Waals surface area contributed by atoms with Crippen LogP contribution in [0.4, 0.5) is 18.9 Å². The van der Waals surface area contributed by atoms with E-state index >= 15 is 0 Å². The Kier molecular flexibility index (Phi) is 7.04. The van der Waals surface area contributed by atoms with Crippen LogP contribution in [0.1, 0.15) is 12.0 Å². The van der Waals surface area contributed by atoms with Crippen molar-refractivity contribution in [3.05, 3.63) is 59.8 Å². The number of methoxy groups -OCH3 is 2. The summed E-state index contributed by atoms with van der Waals surface area (Å²) in [6.07, 6.45) is -4.37. The molecule has 32 heavy (non-hydrogen) atoms. The highest BCUT2D eigenvalue weighted by Gasteiger charge is 2.40. The maximum absolute atomic E-state index is 13.2. The van der Waals surface area contributed by atoms with Gasteiger partial charge in [0, 0.05) is 31.5 Å². The fraction of sp³-hybridized carbons (Fsp3) is 0.273. The number of nitrogens with one attached hydrogen (secondary N) is 1. The molecule has 0 unspecified atom stereocenters. The van der Waals surface area contributed by atoms with E-state index in [0.29, 0.717) is 30.0 Å². The van der Waals surface area contributed by atoms with E-state index in [9.17, 15) is 22.8 Å². The first-order valence-electron chi connectivity index (χ1n) is 9.60. The third-order valence-corrected chi connectivity index (χ3v) is 4.63. The zero-order valence-electron chi connectivity index (χ0n) is 17.4. The van der Waals surface area contributed by atoms with E-state index in [1.54, 1.807) is 24.3 Å². The third-order valence-electron chi connectivity index (χ3n) is 4.63. The van der Waals surface area contributed by atoms with Crippen LogP contribution in [0.25, 0.3) is 5.57 Å². The summed E-state index contributed by atoms with van der Waals surface area (Å²) in [5.74, 6) is -1.06. The van der Waals surface area contributed by atoms with Gasteiger partial charge in [-0.05, 0) is 36.8 Å². The first-order valence-corrected chi connectivity index (χ1v) is 9.60. The Hall–Kier alpha value is -3.53. The molecule has 1 N–H and O–H groups in total. The normalized spacial score (nSPS) is 14.2. The second kappa shape index (κ2) is 9.73. The molecule has 0 saturated heterocycles. The van der Waals surface area contributed by atoms with Gasteiger partial charge in [-0.1, -0.05) is 18.2 Å². The van der Waals surface area contributed by atoms with Crippen LogP contribution in [0, 0.1) is 0 Å². The van der Waals surface area contributed by atoms with Crippen LogP contribution in [0.2, 0.25) is 0 Å². The highest BCUT2D eigenvalue weighted by atomic mass is 19.4. The van der Waals surface area contributed by atoms with Gasteiger partial charge < -0.3 is 19.5 Å². The third kappa shape index (κ3) is 5.20. The number of benzene rings is 2. The molecule has 2 aromatic rings. The van der Waals surface area contributed by atoms with Crippen molar-refractivity contribution < 1.29 is 37.0 Å². The van der Waals surface area contributed by atoms with Gasteiger partial charge in [0.2, 0.25) is 0 Å². The van der Waals surface area contributed by atoms with E-state index in [4.69, 9.17) is 9.47 Å². The van der Waals surface area contributed by atoms with Crippen LogP contribution in [-0.4, -0.2) is 50.4 Å². The van der Waals surface area contributed by atoms with E-state index in [1.165, 1.54) is 26.4 Å². The number of carbonyl (C=O) groups is 2. The van der Waals surface area contributed by atoms with Gasteiger partial charge in [-0.3, -0.25) is 14.5 Å². The zero-order chi connectivity index (χ0) is 23.3. The number of nitrogens with zero attached hydrogens (tertiary/aromatic N) is 1. The molecule has 0 saturated carbocycles. The Bertz CT molecular complexity index is 1020. The van der Waals surface area contributed by atoms with Crippen molar-refractivity contribution in [1.82, 2.24) is 4.90 Å². The van der Waals surface area contributed by atoms with E-state index in [2.05, 4.69) is 10.1 Å². The van der Waals surface area contributed by atoms with Gasteiger partial charge in [-0.15, -0.1) is 13.2 Å². The molecule has 0 aromatic heterocycles. The first kappa shape index (κ1) is 23.1. The predicted octanol–water partition coefficient (Wildman–Crippen LogP) is 3.82. The number of halogens is 3. The van der Waals surface area contributed by atoms with Crippen molar-refractivity contribution in [2.75, 3.05) is 32.7 Å². The fourth-order valence-corrected chi connectivity index (χ4v) is 3.25. The molecule has 0 bridgehead atoms. The minimum atomic E-state index is -4.81. The van der Waals surface area contributed by atoms with Crippen molar-refractivity contribution in [3.63, 3.8) is 0 Å². The number of para-hydroxylation sites is 1. The number of anilines is 1. The zero-order valence-corrected chi connectivity index (χ0v) is 17.4. The summed E-state index contributed by atoms with van der Waals surface area (Å²) < 4.78 is 51.4. The molecule has 1 heterocycles. The molecule has 0 atom stereocenters. The minimum absolute atomic E-state index is 0.00130. The summed E-state index contributed by atoms with van der Waals surface area (Å²) >= 11 is 0. The smallest absolute Gasteiger partial charge is 0.496 e. The molecule has 1 aliphatic heterocycles. The maximum atomic E-state index is 13.2. The Labute approximate surface area is 182 Å². The molecular formula is C22H21F3N2O5. The van der Waals surface area contributed by atoms with Gasteiger partial charge in [-0.2, -0.15) is 0 Å². The molecule has 10 heteroatoms. The van der Waals surface area contributed by atoms with Crippen LogP contribution < -0.4 is 14.8 Å². The van der Waals surface area contributed by atoms with Gasteiger partial charge in [0.15, 0.2) is 0 Å². The largest absolute Gasteiger partial charge is 0.573 e. The molecule has 0 spiro atoms. The Morgan fingerprint density at radius 1 is 0.969 bits per heavy atom. The molecule has 0 aliphatic carbocycles. The highest BCUT2D eigenvalue weighted by Crippen LogP contribution is 2.35. The van der Waals surface area contributed by atoms with Gasteiger partial charge in [0.25, 0.3) is 11.8 Å². The Balaban J connectivity index is 1.96. The summed E-state index contributed by atoms with van der Waals surface area (Å²) in [5, 5.41) is 2.88. The molecule has 2 aromatic carbocycles. The average molecular weight is 450 g/mol. The SMILES string of the molecule is COCCCN1C(=O)C(Nc2ccc(OC(F)(F)F)cc2)=C(c2ccccc2OC)C1=O. The van der Waals surface area contributed by atoms with E-state index in [-0.39, 0.29) is 17.8 Å². The lowest BCUT2D eigenvalue weighted by Gasteiger charge is -2.15. The van der Waals surface area contributed by atoms with Crippen LogP contribution in [0.5, 0.6) is 11.5 Å². The average Bonchev–Trinajstić information content (AvgIpc) is 2.98. The summed E-state index contributed by atoms with van der Waals surface area (Å²) in [4.78, 5) is 27.3. The summed E-state index contributed by atoms with van der Waals surface area (Å²) in [7, 11) is 2.97. The van der Waals surface area contributed by atoms with Gasteiger partial charge in [0.1, 0.15) is 17.2 Å². The monoisotopic (exact) mass is 450 g/mol. The number of alkyl halides is 3. The Morgan fingerprint density at radius 2 is 1.66 bits per heavy atom. The molecule has 7 nitrogen and oxygen atoms in total. The van der Waals surface area contributed by atoms with Crippen molar-refractivity contribution >= 4 is 23.1 Å². The van der Waals surface area contributed by atoms with Crippen molar-refractivity contribution in [2.45, 2.75) is 12.8 Å². The number of hydrogen-bond donors (Lipinski definition) is 1.